The van der Waals surface area contributed by atoms with Crippen LogP contribution in [0.5, 0.6) is 0 Å². The summed E-state index contributed by atoms with van der Waals surface area (Å²) in [4.78, 5) is 20.4. The number of hydrogen-bond acceptors (Lipinski definition) is 4. The molecule has 0 aromatic carbocycles. The molecule has 4 heteroatoms. The minimum absolute atomic E-state index is 0.203. The third-order valence-electron chi connectivity index (χ3n) is 2.99. The highest BCUT2D eigenvalue weighted by atomic mass is 32.1. The summed E-state index contributed by atoms with van der Waals surface area (Å²) in [6, 6.07) is 7.89. The molecule has 0 amide bonds. The fourth-order valence-electron chi connectivity index (χ4n) is 1.89. The average molecular weight is 274 g/mol. The Morgan fingerprint density at radius 3 is 2.58 bits per heavy atom. The third kappa shape index (κ3) is 3.98. The van der Waals surface area contributed by atoms with Gasteiger partial charge in [-0.2, -0.15) is 0 Å². The Kier molecular flexibility index (Phi) is 4.82. The normalized spacial score (nSPS) is 10.9. The number of thiophene rings is 1. The first-order valence-electron chi connectivity index (χ1n) is 6.40. The minimum Gasteiger partial charge on any atom is -0.292 e. The largest absolute Gasteiger partial charge is 0.292 e. The number of aryl methyl sites for hydroxylation is 1. The van der Waals surface area contributed by atoms with Crippen LogP contribution in [0.15, 0.2) is 36.7 Å². The lowest BCUT2D eigenvalue weighted by Crippen LogP contribution is -2.29. The predicted molar refractivity (Wildman–Crippen MR) is 78.6 cm³/mol. The molecule has 19 heavy (non-hydrogen) atoms. The van der Waals surface area contributed by atoms with Gasteiger partial charge in [-0.1, -0.05) is 6.92 Å². The molecule has 0 N–H and O–H groups in total. The first-order valence-corrected chi connectivity index (χ1v) is 7.21. The highest BCUT2D eigenvalue weighted by Crippen LogP contribution is 2.16. The molecule has 0 bridgehead atoms. The maximum atomic E-state index is 12.2. The lowest BCUT2D eigenvalue weighted by atomic mass is 10.2. The first-order chi connectivity index (χ1) is 9.19. The van der Waals surface area contributed by atoms with Crippen molar-refractivity contribution in [2.45, 2.75) is 20.4 Å². The van der Waals surface area contributed by atoms with Gasteiger partial charge in [0.15, 0.2) is 5.78 Å². The van der Waals surface area contributed by atoms with E-state index in [0.29, 0.717) is 6.54 Å². The average Bonchev–Trinajstić information content (AvgIpc) is 2.86. The SMILES string of the molecule is CCN(CC(=O)c1ccc(C)s1)Cc1ccncc1. The van der Waals surface area contributed by atoms with Crippen molar-refractivity contribution in [1.82, 2.24) is 9.88 Å². The van der Waals surface area contributed by atoms with Crippen molar-refractivity contribution in [3.8, 4) is 0 Å². The van der Waals surface area contributed by atoms with Gasteiger partial charge in [-0.05, 0) is 43.3 Å². The molecular formula is C15H18N2OS. The van der Waals surface area contributed by atoms with E-state index in [9.17, 15) is 4.79 Å². The Hall–Kier alpha value is -1.52. The molecule has 2 rings (SSSR count). The van der Waals surface area contributed by atoms with E-state index in [2.05, 4.69) is 16.8 Å². The monoisotopic (exact) mass is 274 g/mol. The molecular weight excluding hydrogens is 256 g/mol. The van der Waals surface area contributed by atoms with Crippen LogP contribution in [0.3, 0.4) is 0 Å². The topological polar surface area (TPSA) is 33.2 Å². The van der Waals surface area contributed by atoms with Crippen molar-refractivity contribution in [2.75, 3.05) is 13.1 Å². The summed E-state index contributed by atoms with van der Waals surface area (Å²) in [6.07, 6.45) is 3.57. The molecule has 0 saturated heterocycles. The van der Waals surface area contributed by atoms with E-state index in [0.717, 1.165) is 18.0 Å². The van der Waals surface area contributed by atoms with E-state index in [4.69, 9.17) is 0 Å². The Morgan fingerprint density at radius 2 is 2.00 bits per heavy atom. The Bertz CT molecular complexity index is 536. The number of pyridine rings is 1. The lowest BCUT2D eigenvalue weighted by Gasteiger charge is -2.19. The molecule has 0 unspecified atom stereocenters. The van der Waals surface area contributed by atoms with Crippen LogP contribution < -0.4 is 0 Å². The number of hydrogen-bond donors (Lipinski definition) is 0. The van der Waals surface area contributed by atoms with Gasteiger partial charge in [0, 0.05) is 23.8 Å². The number of carbonyl (C=O) groups excluding carboxylic acids is 1. The van der Waals surface area contributed by atoms with Crippen molar-refractivity contribution in [2.24, 2.45) is 0 Å². The molecule has 0 saturated carbocycles. The highest BCUT2D eigenvalue weighted by Gasteiger charge is 2.13. The quantitative estimate of drug-likeness (QED) is 0.759. The van der Waals surface area contributed by atoms with Crippen LogP contribution >= 0.6 is 11.3 Å². The standard InChI is InChI=1S/C15H18N2OS/c1-3-17(10-13-6-8-16-9-7-13)11-14(18)15-5-4-12(2)19-15/h4-9H,3,10-11H2,1-2H3. The van der Waals surface area contributed by atoms with E-state index in [-0.39, 0.29) is 5.78 Å². The molecule has 2 aromatic rings. The van der Waals surface area contributed by atoms with Gasteiger partial charge in [0.25, 0.3) is 0 Å². The second-order valence-corrected chi connectivity index (χ2v) is 5.78. The summed E-state index contributed by atoms with van der Waals surface area (Å²) in [5.41, 5.74) is 1.19. The first kappa shape index (κ1) is 13.9. The van der Waals surface area contributed by atoms with Crippen molar-refractivity contribution in [3.05, 3.63) is 52.0 Å². The number of rotatable bonds is 6. The summed E-state index contributed by atoms with van der Waals surface area (Å²) < 4.78 is 0. The maximum absolute atomic E-state index is 12.2. The van der Waals surface area contributed by atoms with Crippen molar-refractivity contribution in [3.63, 3.8) is 0 Å². The number of carbonyl (C=O) groups is 1. The molecule has 0 spiro atoms. The van der Waals surface area contributed by atoms with Crippen LogP contribution in [0.2, 0.25) is 0 Å². The molecule has 0 fully saturated rings. The van der Waals surface area contributed by atoms with Gasteiger partial charge in [0.1, 0.15) is 0 Å². The Balaban J connectivity index is 1.97. The Labute approximate surface area is 117 Å². The van der Waals surface area contributed by atoms with Crippen LogP contribution in [0.1, 0.15) is 27.0 Å². The third-order valence-corrected chi connectivity index (χ3v) is 4.03. The molecule has 0 aliphatic carbocycles. The number of aromatic nitrogens is 1. The highest BCUT2D eigenvalue weighted by molar-refractivity contribution is 7.14. The molecule has 3 nitrogen and oxygen atoms in total. The van der Waals surface area contributed by atoms with Gasteiger partial charge in [-0.3, -0.25) is 14.7 Å². The zero-order valence-corrected chi connectivity index (χ0v) is 12.1. The maximum Gasteiger partial charge on any atom is 0.186 e. The van der Waals surface area contributed by atoms with Gasteiger partial charge >= 0.3 is 0 Å². The summed E-state index contributed by atoms with van der Waals surface area (Å²) in [7, 11) is 0. The van der Waals surface area contributed by atoms with Gasteiger partial charge in [-0.15, -0.1) is 11.3 Å². The summed E-state index contributed by atoms with van der Waals surface area (Å²) >= 11 is 1.57. The van der Waals surface area contributed by atoms with Crippen LogP contribution in [0, 0.1) is 6.92 Å². The predicted octanol–water partition coefficient (Wildman–Crippen LogP) is 3.16. The lowest BCUT2D eigenvalue weighted by molar-refractivity contribution is 0.0933. The molecule has 0 radical (unpaired) electrons. The van der Waals surface area contributed by atoms with Gasteiger partial charge in [0.2, 0.25) is 0 Å². The summed E-state index contributed by atoms with van der Waals surface area (Å²) in [5, 5.41) is 0. The van der Waals surface area contributed by atoms with Gasteiger partial charge in [-0.25, -0.2) is 0 Å². The van der Waals surface area contributed by atoms with E-state index in [1.807, 2.05) is 31.2 Å². The molecule has 100 valence electrons. The molecule has 0 atom stereocenters. The number of likely N-dealkylation sites (N-methyl/N-ethyl adjacent to an activating group) is 1. The zero-order chi connectivity index (χ0) is 13.7. The van der Waals surface area contributed by atoms with E-state index in [1.54, 1.807) is 23.7 Å². The number of ketones is 1. The summed E-state index contributed by atoms with van der Waals surface area (Å²) in [6.45, 7) is 6.22. The van der Waals surface area contributed by atoms with Crippen LogP contribution in [0.25, 0.3) is 0 Å². The Morgan fingerprint density at radius 1 is 1.26 bits per heavy atom. The molecule has 0 aliphatic rings. The van der Waals surface area contributed by atoms with E-state index in [1.165, 1.54) is 10.4 Å². The number of Topliss-reactive ketones (excluding diaryl/α,β-unsaturated/α-hetero) is 1. The van der Waals surface area contributed by atoms with Crippen LogP contribution in [0.4, 0.5) is 0 Å². The second-order valence-electron chi connectivity index (χ2n) is 4.49. The van der Waals surface area contributed by atoms with E-state index >= 15 is 0 Å². The number of nitrogens with zero attached hydrogens (tertiary/aromatic N) is 2. The fourth-order valence-corrected chi connectivity index (χ4v) is 2.69. The van der Waals surface area contributed by atoms with Crippen molar-refractivity contribution in [1.29, 1.82) is 0 Å². The smallest absolute Gasteiger partial charge is 0.186 e. The zero-order valence-electron chi connectivity index (χ0n) is 11.3. The van der Waals surface area contributed by atoms with Crippen LogP contribution in [-0.2, 0) is 6.54 Å². The fraction of sp³-hybridized carbons (Fsp3) is 0.333. The van der Waals surface area contributed by atoms with Crippen molar-refractivity contribution >= 4 is 17.1 Å². The van der Waals surface area contributed by atoms with E-state index < -0.39 is 0 Å². The van der Waals surface area contributed by atoms with Gasteiger partial charge in [0.05, 0.1) is 11.4 Å². The van der Waals surface area contributed by atoms with Crippen molar-refractivity contribution < 1.29 is 4.79 Å². The van der Waals surface area contributed by atoms with Gasteiger partial charge < -0.3 is 0 Å². The second kappa shape index (κ2) is 6.59. The molecule has 2 heterocycles. The minimum atomic E-state index is 0.203. The molecule has 2 aromatic heterocycles. The molecule has 0 aliphatic heterocycles. The van der Waals surface area contributed by atoms with Crippen LogP contribution in [-0.4, -0.2) is 28.8 Å². The summed E-state index contributed by atoms with van der Waals surface area (Å²) in [5.74, 6) is 0.203.